The average Bonchev–Trinajstić information content (AvgIpc) is 2.48. The van der Waals surface area contributed by atoms with Gasteiger partial charge in [-0.2, -0.15) is 0 Å². The van der Waals surface area contributed by atoms with E-state index in [0.717, 1.165) is 28.4 Å². The summed E-state index contributed by atoms with van der Waals surface area (Å²) in [6.07, 6.45) is 0. The smallest absolute Gasteiger partial charge is 0.128 e. The van der Waals surface area contributed by atoms with Gasteiger partial charge in [0.1, 0.15) is 18.9 Å². The molecule has 2 aromatic carbocycles. The van der Waals surface area contributed by atoms with E-state index in [1.165, 1.54) is 0 Å². The van der Waals surface area contributed by atoms with Gasteiger partial charge >= 0.3 is 0 Å². The van der Waals surface area contributed by atoms with Gasteiger partial charge in [0, 0.05) is 16.1 Å². The van der Waals surface area contributed by atoms with Crippen LogP contribution in [0.2, 0.25) is 5.02 Å². The minimum Gasteiger partial charge on any atom is -0.488 e. The molecule has 0 aliphatic rings. The molecule has 0 unspecified atom stereocenters. The third-order valence-corrected chi connectivity index (χ3v) is 3.38. The number of benzene rings is 2. The minimum atomic E-state index is 0.183. The number of quaternary nitrogens is 1. The first-order valence-electron chi connectivity index (χ1n) is 6.68. The number of para-hydroxylation sites is 1. The van der Waals surface area contributed by atoms with Gasteiger partial charge in [0.25, 0.3) is 0 Å². The first-order valence-corrected chi connectivity index (χ1v) is 7.05. The average molecular weight is 293 g/mol. The Morgan fingerprint density at radius 1 is 1.00 bits per heavy atom. The van der Waals surface area contributed by atoms with Crippen LogP contribution in [0, 0.1) is 0 Å². The van der Waals surface area contributed by atoms with Gasteiger partial charge < -0.3 is 15.2 Å². The normalized spacial score (nSPS) is 10.5. The molecule has 0 saturated carbocycles. The van der Waals surface area contributed by atoms with E-state index >= 15 is 0 Å². The zero-order chi connectivity index (χ0) is 14.2. The van der Waals surface area contributed by atoms with Gasteiger partial charge in [-0.3, -0.25) is 0 Å². The Hall–Kier alpha value is -1.55. The van der Waals surface area contributed by atoms with E-state index < -0.39 is 0 Å². The minimum absolute atomic E-state index is 0.183. The zero-order valence-electron chi connectivity index (χ0n) is 11.3. The fraction of sp³-hybridized carbons (Fsp3) is 0.250. The van der Waals surface area contributed by atoms with Gasteiger partial charge in [-0.05, 0) is 18.2 Å². The molecule has 0 aliphatic carbocycles. The summed E-state index contributed by atoms with van der Waals surface area (Å²) in [6, 6.07) is 15.6. The van der Waals surface area contributed by atoms with Crippen LogP contribution < -0.4 is 10.1 Å². The lowest BCUT2D eigenvalue weighted by atomic mass is 10.2. The maximum Gasteiger partial charge on any atom is 0.128 e. The van der Waals surface area contributed by atoms with Crippen molar-refractivity contribution in [3.63, 3.8) is 0 Å². The summed E-state index contributed by atoms with van der Waals surface area (Å²) in [5.74, 6) is 0.863. The molecule has 106 valence electrons. The van der Waals surface area contributed by atoms with E-state index in [2.05, 4.69) is 5.32 Å². The van der Waals surface area contributed by atoms with E-state index in [4.69, 9.17) is 21.4 Å². The highest BCUT2D eigenvalue weighted by Gasteiger charge is 2.06. The number of ether oxygens (including phenoxy) is 1. The van der Waals surface area contributed by atoms with Crippen LogP contribution >= 0.6 is 11.6 Å². The van der Waals surface area contributed by atoms with Gasteiger partial charge in [-0.25, -0.2) is 0 Å². The van der Waals surface area contributed by atoms with E-state index in [9.17, 15) is 0 Å². The van der Waals surface area contributed by atoms with E-state index in [0.29, 0.717) is 13.2 Å². The molecule has 0 fully saturated rings. The van der Waals surface area contributed by atoms with Crippen molar-refractivity contribution >= 4 is 11.6 Å². The molecule has 0 amide bonds. The monoisotopic (exact) mass is 292 g/mol. The Kier molecular flexibility index (Phi) is 5.87. The molecule has 0 aromatic heterocycles. The summed E-state index contributed by atoms with van der Waals surface area (Å²) in [7, 11) is 0. The largest absolute Gasteiger partial charge is 0.488 e. The van der Waals surface area contributed by atoms with Gasteiger partial charge in [-0.1, -0.05) is 41.9 Å². The highest BCUT2D eigenvalue weighted by atomic mass is 35.5. The molecule has 2 rings (SSSR count). The third kappa shape index (κ3) is 4.23. The van der Waals surface area contributed by atoms with Crippen LogP contribution in [0.3, 0.4) is 0 Å². The summed E-state index contributed by atoms with van der Waals surface area (Å²) < 4.78 is 5.87. The van der Waals surface area contributed by atoms with Crippen molar-refractivity contribution in [1.82, 2.24) is 0 Å². The number of hydrogen-bond acceptors (Lipinski definition) is 2. The molecule has 4 heteroatoms. The molecule has 3 nitrogen and oxygen atoms in total. The van der Waals surface area contributed by atoms with Gasteiger partial charge in [0.05, 0.1) is 13.2 Å². The Bertz CT molecular complexity index is 546. The number of aliphatic hydroxyl groups excluding tert-OH is 1. The van der Waals surface area contributed by atoms with Gasteiger partial charge in [0.15, 0.2) is 0 Å². The van der Waals surface area contributed by atoms with Crippen molar-refractivity contribution in [2.75, 3.05) is 13.2 Å². The lowest BCUT2D eigenvalue weighted by Crippen LogP contribution is -2.83. The summed E-state index contributed by atoms with van der Waals surface area (Å²) in [6.45, 7) is 2.12. The van der Waals surface area contributed by atoms with Crippen LogP contribution in [0.25, 0.3) is 0 Å². The summed E-state index contributed by atoms with van der Waals surface area (Å²) in [4.78, 5) is 0. The lowest BCUT2D eigenvalue weighted by molar-refractivity contribution is -0.671. The van der Waals surface area contributed by atoms with Gasteiger partial charge in [0.2, 0.25) is 0 Å². The fourth-order valence-electron chi connectivity index (χ4n) is 1.93. The van der Waals surface area contributed by atoms with E-state index in [-0.39, 0.29) is 6.61 Å². The number of aliphatic hydroxyl groups is 1. The Morgan fingerprint density at radius 3 is 2.45 bits per heavy atom. The van der Waals surface area contributed by atoms with Crippen LogP contribution in [0.4, 0.5) is 0 Å². The number of halogens is 1. The summed E-state index contributed by atoms with van der Waals surface area (Å²) >= 11 is 6.12. The molecular formula is C16H19ClNO2+. The van der Waals surface area contributed by atoms with Crippen molar-refractivity contribution in [2.24, 2.45) is 0 Å². The second-order valence-electron chi connectivity index (χ2n) is 4.49. The first-order chi connectivity index (χ1) is 9.81. The molecule has 3 N–H and O–H groups in total. The molecule has 20 heavy (non-hydrogen) atoms. The van der Waals surface area contributed by atoms with Gasteiger partial charge in [-0.15, -0.1) is 0 Å². The van der Waals surface area contributed by atoms with E-state index in [1.54, 1.807) is 0 Å². The number of rotatable bonds is 7. The molecule has 0 aliphatic heterocycles. The molecular weight excluding hydrogens is 274 g/mol. The van der Waals surface area contributed by atoms with Crippen LogP contribution in [0.1, 0.15) is 11.1 Å². The molecule has 0 atom stereocenters. The highest BCUT2D eigenvalue weighted by molar-refractivity contribution is 6.31. The zero-order valence-corrected chi connectivity index (χ0v) is 12.0. The van der Waals surface area contributed by atoms with Crippen molar-refractivity contribution in [1.29, 1.82) is 0 Å². The van der Waals surface area contributed by atoms with Crippen LogP contribution in [-0.2, 0) is 13.2 Å². The number of hydrogen-bond donors (Lipinski definition) is 2. The van der Waals surface area contributed by atoms with Crippen LogP contribution in [0.5, 0.6) is 5.75 Å². The van der Waals surface area contributed by atoms with Crippen molar-refractivity contribution in [3.8, 4) is 5.75 Å². The standard InChI is InChI=1S/C16H18ClNO2/c17-15-7-3-1-6-14(15)12-20-16-8-4-2-5-13(16)11-18-9-10-19/h1-8,18-19H,9-12H2/p+1. The second-order valence-corrected chi connectivity index (χ2v) is 4.90. The summed E-state index contributed by atoms with van der Waals surface area (Å²) in [5.41, 5.74) is 2.09. The molecule has 2 aromatic rings. The van der Waals surface area contributed by atoms with Crippen LogP contribution in [-0.4, -0.2) is 18.3 Å². The maximum atomic E-state index is 8.82. The second kappa shape index (κ2) is 7.90. The highest BCUT2D eigenvalue weighted by Crippen LogP contribution is 2.21. The van der Waals surface area contributed by atoms with Crippen molar-refractivity contribution in [2.45, 2.75) is 13.2 Å². The third-order valence-electron chi connectivity index (χ3n) is 3.01. The Morgan fingerprint density at radius 2 is 1.70 bits per heavy atom. The molecule has 0 heterocycles. The quantitative estimate of drug-likeness (QED) is 0.767. The fourth-order valence-corrected chi connectivity index (χ4v) is 2.12. The van der Waals surface area contributed by atoms with Crippen LogP contribution in [0.15, 0.2) is 48.5 Å². The van der Waals surface area contributed by atoms with Crippen molar-refractivity contribution in [3.05, 3.63) is 64.7 Å². The summed E-state index contributed by atoms with van der Waals surface area (Å²) in [5, 5.41) is 11.6. The molecule has 0 radical (unpaired) electrons. The topological polar surface area (TPSA) is 46.1 Å². The Balaban J connectivity index is 2.00. The first kappa shape index (κ1) is 14.9. The maximum absolute atomic E-state index is 8.82. The lowest BCUT2D eigenvalue weighted by Gasteiger charge is -2.11. The molecule has 0 spiro atoms. The number of nitrogens with two attached hydrogens (primary N) is 1. The van der Waals surface area contributed by atoms with Crippen molar-refractivity contribution < 1.29 is 15.2 Å². The predicted molar refractivity (Wildman–Crippen MR) is 79.8 cm³/mol. The molecule has 0 saturated heterocycles. The predicted octanol–water partition coefficient (Wildman–Crippen LogP) is 1.97. The van der Waals surface area contributed by atoms with E-state index in [1.807, 2.05) is 48.5 Å². The SMILES string of the molecule is OCC[NH2+]Cc1ccccc1OCc1ccccc1Cl. The molecule has 0 bridgehead atoms. The Labute approximate surface area is 124 Å².